The lowest BCUT2D eigenvalue weighted by Gasteiger charge is -2.41. The van der Waals surface area contributed by atoms with E-state index in [1.165, 1.54) is 6.07 Å². The first-order chi connectivity index (χ1) is 20.8. The van der Waals surface area contributed by atoms with E-state index >= 15 is 0 Å². The van der Waals surface area contributed by atoms with Gasteiger partial charge in [-0.2, -0.15) is 0 Å². The molecule has 3 saturated heterocycles. The lowest BCUT2D eigenvalue weighted by atomic mass is 9.92. The van der Waals surface area contributed by atoms with Crippen molar-refractivity contribution in [2.45, 2.75) is 63.4 Å². The van der Waals surface area contributed by atoms with Gasteiger partial charge in [-0.25, -0.2) is 4.39 Å². The number of nitrogens with one attached hydrogen (secondary N) is 3. The lowest BCUT2D eigenvalue weighted by molar-refractivity contribution is -0.129. The van der Waals surface area contributed by atoms with Gasteiger partial charge < -0.3 is 35.0 Å². The minimum absolute atomic E-state index is 0.00126. The van der Waals surface area contributed by atoms with Crippen LogP contribution < -0.4 is 20.7 Å². The number of aliphatic hydroxyl groups is 3. The van der Waals surface area contributed by atoms with Crippen molar-refractivity contribution in [1.82, 2.24) is 25.8 Å². The fraction of sp³-hybridized carbons (Fsp3) is 0.774. The SMILES string of the molecule is CCOC1CNC(N2CCC(CCCOc3ccc(CC(=O)N4CC[C@@H](CNCC(O)(CO)CO)C4)c(F)c3)CC2)NC1. The molecule has 3 aliphatic heterocycles. The summed E-state index contributed by atoms with van der Waals surface area (Å²) in [5.41, 5.74) is -1.20. The molecule has 0 aliphatic carbocycles. The molecule has 11 nitrogen and oxygen atoms in total. The second kappa shape index (κ2) is 17.0. The average Bonchev–Trinajstić information content (AvgIpc) is 3.50. The van der Waals surface area contributed by atoms with E-state index in [1.807, 2.05) is 6.92 Å². The normalized spacial score (nSPS) is 24.0. The molecule has 3 aliphatic rings. The Morgan fingerprint density at radius 2 is 1.84 bits per heavy atom. The molecule has 1 aromatic carbocycles. The summed E-state index contributed by atoms with van der Waals surface area (Å²) in [6.07, 6.45) is 5.61. The van der Waals surface area contributed by atoms with Crippen LogP contribution >= 0.6 is 0 Å². The highest BCUT2D eigenvalue weighted by Crippen LogP contribution is 2.24. The van der Waals surface area contributed by atoms with Crippen LogP contribution in [0.4, 0.5) is 4.39 Å². The molecule has 0 aromatic heterocycles. The molecular weight excluding hydrogens is 557 g/mol. The molecule has 0 unspecified atom stereocenters. The third-order valence-corrected chi connectivity index (χ3v) is 9.00. The largest absolute Gasteiger partial charge is 0.493 e. The van der Waals surface area contributed by atoms with Gasteiger partial charge in [0.1, 0.15) is 23.5 Å². The highest BCUT2D eigenvalue weighted by molar-refractivity contribution is 5.79. The number of piperidine rings is 1. The molecule has 3 fully saturated rings. The number of hydrogen-bond acceptors (Lipinski definition) is 10. The van der Waals surface area contributed by atoms with E-state index in [0.717, 1.165) is 64.9 Å². The first-order valence-electron chi connectivity index (χ1n) is 16.0. The molecule has 1 atom stereocenters. The topological polar surface area (TPSA) is 139 Å². The maximum Gasteiger partial charge on any atom is 0.227 e. The van der Waals surface area contributed by atoms with Gasteiger partial charge in [-0.05, 0) is 69.0 Å². The average molecular weight is 610 g/mol. The number of carbonyl (C=O) groups is 1. The van der Waals surface area contributed by atoms with Crippen LogP contribution in [-0.2, 0) is 16.0 Å². The van der Waals surface area contributed by atoms with Crippen molar-refractivity contribution in [3.63, 3.8) is 0 Å². The van der Waals surface area contributed by atoms with Crippen molar-refractivity contribution < 1.29 is 34.0 Å². The van der Waals surface area contributed by atoms with Gasteiger partial charge >= 0.3 is 0 Å². The Labute approximate surface area is 255 Å². The number of hydrogen-bond donors (Lipinski definition) is 6. The van der Waals surface area contributed by atoms with Gasteiger partial charge in [0.2, 0.25) is 5.91 Å². The van der Waals surface area contributed by atoms with Crippen molar-refractivity contribution in [1.29, 1.82) is 0 Å². The Morgan fingerprint density at radius 3 is 2.51 bits per heavy atom. The van der Waals surface area contributed by atoms with E-state index in [-0.39, 0.29) is 37.2 Å². The second-order valence-corrected chi connectivity index (χ2v) is 12.4. The Morgan fingerprint density at radius 1 is 1.12 bits per heavy atom. The number of benzene rings is 1. The van der Waals surface area contributed by atoms with Gasteiger partial charge in [0.05, 0.1) is 32.3 Å². The van der Waals surface area contributed by atoms with Crippen LogP contribution in [0.3, 0.4) is 0 Å². The van der Waals surface area contributed by atoms with E-state index in [0.29, 0.717) is 43.5 Å². The number of likely N-dealkylation sites (tertiary alicyclic amines) is 2. The summed E-state index contributed by atoms with van der Waals surface area (Å²) < 4.78 is 26.3. The Kier molecular flexibility index (Phi) is 13.4. The molecule has 0 radical (unpaired) electrons. The van der Waals surface area contributed by atoms with Gasteiger partial charge in [-0.15, -0.1) is 0 Å². The van der Waals surface area contributed by atoms with Crippen LogP contribution in [0.1, 0.15) is 44.6 Å². The quantitative estimate of drug-likeness (QED) is 0.145. The van der Waals surface area contributed by atoms with Crippen LogP contribution in [-0.4, -0.2) is 128 Å². The molecule has 43 heavy (non-hydrogen) atoms. The molecule has 0 bridgehead atoms. The van der Waals surface area contributed by atoms with Gasteiger partial charge in [0, 0.05) is 58.5 Å². The van der Waals surface area contributed by atoms with E-state index in [4.69, 9.17) is 9.47 Å². The molecule has 0 spiro atoms. The summed E-state index contributed by atoms with van der Waals surface area (Å²) in [5, 5.41) is 38.5. The molecule has 3 heterocycles. The van der Waals surface area contributed by atoms with Crippen LogP contribution in [0.2, 0.25) is 0 Å². The summed E-state index contributed by atoms with van der Waals surface area (Å²) in [4.78, 5) is 17.0. The van der Waals surface area contributed by atoms with Crippen LogP contribution in [0.15, 0.2) is 18.2 Å². The van der Waals surface area contributed by atoms with E-state index in [1.54, 1.807) is 17.0 Å². The number of amides is 1. The van der Waals surface area contributed by atoms with E-state index in [9.17, 15) is 24.5 Å². The third-order valence-electron chi connectivity index (χ3n) is 9.00. The summed E-state index contributed by atoms with van der Waals surface area (Å²) in [6.45, 7) is 7.90. The minimum atomic E-state index is -1.56. The molecule has 0 saturated carbocycles. The maximum atomic E-state index is 14.8. The van der Waals surface area contributed by atoms with Crippen molar-refractivity contribution in [3.8, 4) is 5.75 Å². The molecule has 244 valence electrons. The van der Waals surface area contributed by atoms with E-state index in [2.05, 4.69) is 20.9 Å². The maximum absolute atomic E-state index is 14.8. The molecule has 1 amide bonds. The van der Waals surface area contributed by atoms with E-state index < -0.39 is 24.6 Å². The van der Waals surface area contributed by atoms with Crippen molar-refractivity contribution in [2.24, 2.45) is 11.8 Å². The highest BCUT2D eigenvalue weighted by atomic mass is 19.1. The Hall–Kier alpha value is -1.90. The van der Waals surface area contributed by atoms with Crippen LogP contribution in [0, 0.1) is 17.7 Å². The third kappa shape index (κ3) is 10.3. The summed E-state index contributed by atoms with van der Waals surface area (Å²) in [7, 11) is 0. The Balaban J connectivity index is 1.09. The number of aliphatic hydroxyl groups excluding tert-OH is 2. The molecule has 6 N–H and O–H groups in total. The molecule has 4 rings (SSSR count). The van der Waals surface area contributed by atoms with Gasteiger partial charge in [0.25, 0.3) is 0 Å². The smallest absolute Gasteiger partial charge is 0.227 e. The standard InChI is InChI=1S/C31H52FN5O6/c1-2-42-27-17-34-30(35-18-27)36-10-7-23(8-11-36)4-3-13-43-26-6-5-25(28(32)15-26)14-29(40)37-12-9-24(19-37)16-33-20-31(41,21-38)22-39/h5-6,15,23-24,27,30,33-35,38-39,41H,2-4,7-14,16-22H2,1H3/t24-,27?,30?/m0/s1. The monoisotopic (exact) mass is 609 g/mol. The summed E-state index contributed by atoms with van der Waals surface area (Å²) >= 11 is 0. The number of rotatable bonds is 16. The van der Waals surface area contributed by atoms with Gasteiger partial charge in [-0.1, -0.05) is 6.07 Å². The van der Waals surface area contributed by atoms with Crippen LogP contribution in [0.5, 0.6) is 5.75 Å². The number of carbonyl (C=O) groups excluding carboxylic acids is 1. The van der Waals surface area contributed by atoms with Gasteiger partial charge in [-0.3, -0.25) is 20.3 Å². The van der Waals surface area contributed by atoms with Gasteiger partial charge in [0.15, 0.2) is 0 Å². The summed E-state index contributed by atoms with van der Waals surface area (Å²) in [6, 6.07) is 4.76. The summed E-state index contributed by atoms with van der Waals surface area (Å²) in [5.74, 6) is 0.809. The zero-order chi connectivity index (χ0) is 30.7. The van der Waals surface area contributed by atoms with Crippen LogP contribution in [0.25, 0.3) is 0 Å². The zero-order valence-corrected chi connectivity index (χ0v) is 25.6. The predicted molar refractivity (Wildman–Crippen MR) is 161 cm³/mol. The molecule has 1 aromatic rings. The fourth-order valence-electron chi connectivity index (χ4n) is 6.24. The number of ether oxygens (including phenoxy) is 2. The number of nitrogens with zero attached hydrogens (tertiary/aromatic N) is 2. The number of halogens is 1. The highest BCUT2D eigenvalue weighted by Gasteiger charge is 2.30. The minimum Gasteiger partial charge on any atom is -0.493 e. The Bertz CT molecular complexity index is 985. The van der Waals surface area contributed by atoms with Crippen molar-refractivity contribution >= 4 is 5.91 Å². The molecule has 12 heteroatoms. The predicted octanol–water partition coefficient (Wildman–Crippen LogP) is 0.275. The fourth-order valence-corrected chi connectivity index (χ4v) is 6.24. The first kappa shape index (κ1) is 34.0. The molecular formula is C31H52FN5O6. The lowest BCUT2D eigenvalue weighted by Crippen LogP contribution is -2.64. The van der Waals surface area contributed by atoms with Crippen molar-refractivity contribution in [2.75, 3.05) is 78.8 Å². The van der Waals surface area contributed by atoms with Crippen molar-refractivity contribution in [3.05, 3.63) is 29.6 Å². The zero-order valence-electron chi connectivity index (χ0n) is 25.6. The first-order valence-corrected chi connectivity index (χ1v) is 16.0. The second-order valence-electron chi connectivity index (χ2n) is 12.4.